The molecule has 11 heteroatoms. The van der Waals surface area contributed by atoms with Crippen molar-refractivity contribution in [1.29, 1.82) is 0 Å². The van der Waals surface area contributed by atoms with Gasteiger partial charge in [0.05, 0.1) is 18.8 Å². The summed E-state index contributed by atoms with van der Waals surface area (Å²) in [5, 5.41) is 8.81. The molecule has 0 spiro atoms. The van der Waals surface area contributed by atoms with Crippen molar-refractivity contribution in [2.75, 3.05) is 13.2 Å². The lowest BCUT2D eigenvalue weighted by atomic mass is 9.94. The van der Waals surface area contributed by atoms with Gasteiger partial charge in [0.15, 0.2) is 11.8 Å². The maximum atomic E-state index is 12.5. The van der Waals surface area contributed by atoms with Crippen molar-refractivity contribution in [2.24, 2.45) is 11.5 Å². The molecular weight excluding hydrogens is 383 g/mol. The van der Waals surface area contributed by atoms with Gasteiger partial charge >= 0.3 is 12.1 Å². The highest BCUT2D eigenvalue weighted by Crippen LogP contribution is 2.44. The molecule has 3 rings (SSSR count). The molecule has 1 saturated heterocycles. The number of nitrogens with zero attached hydrogens (tertiary/aromatic N) is 1. The molecular formula is C17H22F3N3O5. The fraction of sp³-hybridized carbons (Fsp3) is 0.588. The first-order chi connectivity index (χ1) is 12.9. The Labute approximate surface area is 159 Å². The number of hydrogen-bond acceptors (Lipinski definition) is 6. The summed E-state index contributed by atoms with van der Waals surface area (Å²) in [4.78, 5) is 24.8. The van der Waals surface area contributed by atoms with E-state index in [0.717, 1.165) is 19.8 Å². The number of aromatic nitrogens is 1. The van der Waals surface area contributed by atoms with E-state index in [4.69, 9.17) is 26.0 Å². The van der Waals surface area contributed by atoms with Crippen molar-refractivity contribution in [1.82, 2.24) is 4.98 Å². The van der Waals surface area contributed by atoms with E-state index in [1.54, 1.807) is 0 Å². The molecule has 1 atom stereocenters. The van der Waals surface area contributed by atoms with E-state index in [1.807, 2.05) is 0 Å². The minimum absolute atomic E-state index is 0.116. The van der Waals surface area contributed by atoms with Gasteiger partial charge in [-0.1, -0.05) is 6.07 Å². The zero-order valence-corrected chi connectivity index (χ0v) is 15.2. The first kappa shape index (κ1) is 21.9. The van der Waals surface area contributed by atoms with Gasteiger partial charge in [-0.2, -0.15) is 13.2 Å². The number of halogens is 3. The van der Waals surface area contributed by atoms with Crippen LogP contribution in [-0.2, 0) is 9.53 Å². The van der Waals surface area contributed by atoms with Crippen LogP contribution >= 0.6 is 0 Å². The summed E-state index contributed by atoms with van der Waals surface area (Å²) in [6.45, 7) is 1.78. The molecule has 1 aromatic heterocycles. The summed E-state index contributed by atoms with van der Waals surface area (Å²) < 4.78 is 47.0. The van der Waals surface area contributed by atoms with E-state index < -0.39 is 23.8 Å². The van der Waals surface area contributed by atoms with Crippen LogP contribution in [-0.4, -0.2) is 53.0 Å². The van der Waals surface area contributed by atoms with Gasteiger partial charge < -0.3 is 26.0 Å². The number of nitrogens with two attached hydrogens (primary N) is 2. The number of carboxylic acid groups (broad SMARTS) is 1. The standard InChI is InChI=1S/C12H12F3NO3.C5H10N2O2/c1-6(12(13,14)15)19-10-8(7-2-3-7)4-5-9(16-10)11(17)18;6-4(8)1-5(7)2-9-3-5/h4-7H,2-3H2,1H3,(H,17,18);1-3,7H2,(H2,6,8). The molecule has 8 nitrogen and oxygen atoms in total. The van der Waals surface area contributed by atoms with Crippen LogP contribution in [0.4, 0.5) is 13.2 Å². The summed E-state index contributed by atoms with van der Waals surface area (Å²) in [6.07, 6.45) is -4.61. The Morgan fingerprint density at radius 3 is 2.36 bits per heavy atom. The fourth-order valence-electron chi connectivity index (χ4n) is 2.42. The Morgan fingerprint density at radius 1 is 1.39 bits per heavy atom. The highest BCUT2D eigenvalue weighted by molar-refractivity contribution is 5.85. The number of carboxylic acids is 1. The van der Waals surface area contributed by atoms with Crippen LogP contribution < -0.4 is 16.2 Å². The van der Waals surface area contributed by atoms with E-state index in [-0.39, 0.29) is 29.8 Å². The molecule has 1 amide bonds. The van der Waals surface area contributed by atoms with Crippen LogP contribution in [0.2, 0.25) is 0 Å². The number of amides is 1. The number of carbonyl (C=O) groups excluding carboxylic acids is 1. The summed E-state index contributed by atoms with van der Waals surface area (Å²) in [7, 11) is 0. The number of pyridine rings is 1. The molecule has 2 aliphatic rings. The van der Waals surface area contributed by atoms with Crippen molar-refractivity contribution in [3.05, 3.63) is 23.4 Å². The van der Waals surface area contributed by atoms with Gasteiger partial charge in [0.1, 0.15) is 0 Å². The summed E-state index contributed by atoms with van der Waals surface area (Å²) in [6, 6.07) is 2.76. The quantitative estimate of drug-likeness (QED) is 0.653. The van der Waals surface area contributed by atoms with E-state index in [1.165, 1.54) is 12.1 Å². The van der Waals surface area contributed by atoms with Gasteiger partial charge in [-0.15, -0.1) is 0 Å². The third kappa shape index (κ3) is 6.06. The lowest BCUT2D eigenvalue weighted by Crippen LogP contribution is -2.59. The summed E-state index contributed by atoms with van der Waals surface area (Å²) >= 11 is 0. The van der Waals surface area contributed by atoms with Crippen LogP contribution in [0.5, 0.6) is 5.88 Å². The van der Waals surface area contributed by atoms with Gasteiger partial charge in [-0.3, -0.25) is 4.79 Å². The molecule has 2 fully saturated rings. The van der Waals surface area contributed by atoms with Crippen molar-refractivity contribution >= 4 is 11.9 Å². The maximum absolute atomic E-state index is 12.5. The Kier molecular flexibility index (Phi) is 6.50. The smallest absolute Gasteiger partial charge is 0.425 e. The Hall–Kier alpha value is -2.40. The van der Waals surface area contributed by atoms with Crippen molar-refractivity contribution in [3.8, 4) is 5.88 Å². The molecule has 1 aliphatic carbocycles. The average Bonchev–Trinajstić information content (AvgIpc) is 3.37. The van der Waals surface area contributed by atoms with E-state index >= 15 is 0 Å². The third-order valence-corrected chi connectivity index (χ3v) is 4.18. The molecule has 0 bridgehead atoms. The molecule has 0 radical (unpaired) electrons. The first-order valence-corrected chi connectivity index (χ1v) is 8.54. The van der Waals surface area contributed by atoms with Gasteiger partial charge in [-0.05, 0) is 31.7 Å². The predicted molar refractivity (Wildman–Crippen MR) is 90.9 cm³/mol. The minimum atomic E-state index is -4.51. The highest BCUT2D eigenvalue weighted by atomic mass is 19.4. The first-order valence-electron chi connectivity index (χ1n) is 8.54. The Balaban J connectivity index is 0.000000261. The van der Waals surface area contributed by atoms with Gasteiger partial charge in [0, 0.05) is 12.0 Å². The predicted octanol–water partition coefficient (Wildman–Crippen LogP) is 1.58. The molecule has 1 unspecified atom stereocenters. The molecule has 0 aromatic carbocycles. The average molecular weight is 405 g/mol. The highest BCUT2D eigenvalue weighted by Gasteiger charge is 2.40. The third-order valence-electron chi connectivity index (χ3n) is 4.18. The number of ether oxygens (including phenoxy) is 2. The molecule has 156 valence electrons. The van der Waals surface area contributed by atoms with Crippen LogP contribution in [0.3, 0.4) is 0 Å². The van der Waals surface area contributed by atoms with Crippen LogP contribution in [0.15, 0.2) is 12.1 Å². The van der Waals surface area contributed by atoms with Crippen molar-refractivity contribution in [2.45, 2.75) is 49.9 Å². The minimum Gasteiger partial charge on any atom is -0.477 e. The van der Waals surface area contributed by atoms with Gasteiger partial charge in [0.25, 0.3) is 0 Å². The molecule has 1 aliphatic heterocycles. The van der Waals surface area contributed by atoms with Crippen molar-refractivity contribution in [3.63, 3.8) is 0 Å². The second-order valence-corrected chi connectivity index (χ2v) is 6.97. The number of rotatable bonds is 6. The Bertz CT molecular complexity index is 733. The molecule has 1 aromatic rings. The number of primary amides is 1. The number of carbonyl (C=O) groups is 2. The van der Waals surface area contributed by atoms with Crippen LogP contribution in [0.25, 0.3) is 0 Å². The van der Waals surface area contributed by atoms with Crippen LogP contribution in [0.1, 0.15) is 48.2 Å². The maximum Gasteiger partial charge on any atom is 0.425 e. The SMILES string of the molecule is CC(Oc1nc(C(=O)O)ccc1C1CC1)C(F)(F)F.NC(=O)CC1(N)COC1. The molecule has 1 saturated carbocycles. The topological polar surface area (TPSA) is 138 Å². The number of aromatic carboxylic acids is 1. The lowest BCUT2D eigenvalue weighted by molar-refractivity contribution is -0.190. The van der Waals surface area contributed by atoms with E-state index in [9.17, 15) is 22.8 Å². The lowest BCUT2D eigenvalue weighted by Gasteiger charge is -2.36. The largest absolute Gasteiger partial charge is 0.477 e. The van der Waals surface area contributed by atoms with Crippen molar-refractivity contribution < 1.29 is 37.3 Å². The van der Waals surface area contributed by atoms with E-state index in [0.29, 0.717) is 18.8 Å². The molecule has 5 N–H and O–H groups in total. The summed E-state index contributed by atoms with van der Waals surface area (Å²) in [5.74, 6) is -1.77. The fourth-order valence-corrected chi connectivity index (χ4v) is 2.42. The Morgan fingerprint density at radius 2 is 2.00 bits per heavy atom. The zero-order valence-electron chi connectivity index (χ0n) is 15.2. The number of hydrogen-bond donors (Lipinski definition) is 3. The van der Waals surface area contributed by atoms with Crippen LogP contribution in [0, 0.1) is 0 Å². The monoisotopic (exact) mass is 405 g/mol. The zero-order chi connectivity index (χ0) is 21.1. The summed E-state index contributed by atoms with van der Waals surface area (Å²) in [5.41, 5.74) is 10.3. The van der Waals surface area contributed by atoms with Gasteiger partial charge in [0.2, 0.25) is 11.8 Å². The normalized spacial score (nSPS) is 18.9. The second kappa shape index (κ2) is 8.31. The van der Waals surface area contributed by atoms with Gasteiger partial charge in [-0.25, -0.2) is 9.78 Å². The number of alkyl halides is 3. The molecule has 28 heavy (non-hydrogen) atoms. The second-order valence-electron chi connectivity index (χ2n) is 6.97. The van der Waals surface area contributed by atoms with E-state index in [2.05, 4.69) is 4.98 Å². The molecule has 2 heterocycles.